The van der Waals surface area contributed by atoms with Gasteiger partial charge in [0.25, 0.3) is 0 Å². The van der Waals surface area contributed by atoms with Gasteiger partial charge in [-0.2, -0.15) is 4.98 Å². The molecule has 2 heterocycles. The van der Waals surface area contributed by atoms with E-state index in [9.17, 15) is 9.90 Å². The van der Waals surface area contributed by atoms with Crippen LogP contribution in [0.15, 0.2) is 29.0 Å². The molecule has 0 spiro atoms. The number of pyridine rings is 1. The van der Waals surface area contributed by atoms with Gasteiger partial charge in [0.05, 0.1) is 6.10 Å². The van der Waals surface area contributed by atoms with Gasteiger partial charge in [-0.3, -0.25) is 9.78 Å². The van der Waals surface area contributed by atoms with Crippen molar-refractivity contribution >= 4 is 5.91 Å². The Morgan fingerprint density at radius 3 is 2.84 bits per heavy atom. The van der Waals surface area contributed by atoms with Gasteiger partial charge in [-0.1, -0.05) is 18.0 Å². The quantitative estimate of drug-likeness (QED) is 0.862. The molecule has 0 aliphatic heterocycles. The zero-order valence-corrected chi connectivity index (χ0v) is 14.5. The van der Waals surface area contributed by atoms with E-state index in [2.05, 4.69) is 15.1 Å². The highest BCUT2D eigenvalue weighted by Gasteiger charge is 2.25. The van der Waals surface area contributed by atoms with E-state index in [1.165, 1.54) is 0 Å². The molecule has 3 rings (SSSR count). The van der Waals surface area contributed by atoms with Crippen molar-refractivity contribution in [1.82, 2.24) is 20.0 Å². The highest BCUT2D eigenvalue weighted by atomic mass is 16.5. The molecule has 2 aromatic heterocycles. The third kappa shape index (κ3) is 4.63. The van der Waals surface area contributed by atoms with E-state index in [0.29, 0.717) is 31.1 Å². The first-order valence-corrected chi connectivity index (χ1v) is 8.78. The number of hydrogen-bond acceptors (Lipinski definition) is 6. The van der Waals surface area contributed by atoms with Crippen LogP contribution in [-0.4, -0.2) is 50.7 Å². The summed E-state index contributed by atoms with van der Waals surface area (Å²) in [4.78, 5) is 22.3. The van der Waals surface area contributed by atoms with Gasteiger partial charge in [0.1, 0.15) is 0 Å². The molecule has 1 aliphatic rings. The Hall–Kier alpha value is -2.28. The maximum absolute atomic E-state index is 12.3. The second-order valence-corrected chi connectivity index (χ2v) is 6.63. The van der Waals surface area contributed by atoms with Crippen LogP contribution in [0, 0.1) is 5.92 Å². The smallest absolute Gasteiger partial charge is 0.227 e. The first-order chi connectivity index (χ1) is 12.1. The largest absolute Gasteiger partial charge is 0.393 e. The van der Waals surface area contributed by atoms with Crippen LogP contribution in [0.1, 0.15) is 38.0 Å². The molecule has 2 aromatic rings. The van der Waals surface area contributed by atoms with E-state index >= 15 is 0 Å². The van der Waals surface area contributed by atoms with Crippen molar-refractivity contribution in [3.8, 4) is 11.4 Å². The molecule has 7 nitrogen and oxygen atoms in total. The van der Waals surface area contributed by atoms with Crippen LogP contribution < -0.4 is 0 Å². The Morgan fingerprint density at radius 1 is 1.32 bits per heavy atom. The van der Waals surface area contributed by atoms with Gasteiger partial charge < -0.3 is 14.5 Å². The lowest BCUT2D eigenvalue weighted by Crippen LogP contribution is -2.38. The molecule has 1 aliphatic carbocycles. The maximum Gasteiger partial charge on any atom is 0.227 e. The van der Waals surface area contributed by atoms with Gasteiger partial charge >= 0.3 is 0 Å². The molecule has 1 amide bonds. The number of aliphatic hydroxyl groups is 1. The van der Waals surface area contributed by atoms with Crippen LogP contribution in [0.3, 0.4) is 0 Å². The summed E-state index contributed by atoms with van der Waals surface area (Å²) in [5.41, 5.74) is 0.833. The summed E-state index contributed by atoms with van der Waals surface area (Å²) in [6.45, 7) is 0.603. The summed E-state index contributed by atoms with van der Waals surface area (Å²) < 4.78 is 5.22. The third-order valence-corrected chi connectivity index (χ3v) is 4.76. The van der Waals surface area contributed by atoms with Crippen molar-refractivity contribution in [2.75, 3.05) is 13.6 Å². The molecule has 0 aromatic carbocycles. The fourth-order valence-electron chi connectivity index (χ4n) is 3.23. The fourth-order valence-corrected chi connectivity index (χ4v) is 3.23. The Kier molecular flexibility index (Phi) is 5.75. The van der Waals surface area contributed by atoms with E-state index in [1.807, 2.05) is 12.1 Å². The summed E-state index contributed by atoms with van der Waals surface area (Å²) >= 11 is 0. The van der Waals surface area contributed by atoms with Gasteiger partial charge in [0.2, 0.25) is 17.6 Å². The van der Waals surface area contributed by atoms with Crippen LogP contribution in [0.4, 0.5) is 0 Å². The average Bonchev–Trinajstić information content (AvgIpc) is 3.11. The second-order valence-electron chi connectivity index (χ2n) is 6.63. The Labute approximate surface area is 147 Å². The van der Waals surface area contributed by atoms with E-state index in [0.717, 1.165) is 31.2 Å². The minimum atomic E-state index is -0.289. The molecule has 134 valence electrons. The summed E-state index contributed by atoms with van der Waals surface area (Å²) in [7, 11) is 1.79. The average molecular weight is 344 g/mol. The Balaban J connectivity index is 1.49. The number of hydrogen-bond donors (Lipinski definition) is 1. The molecule has 2 unspecified atom stereocenters. The van der Waals surface area contributed by atoms with Crippen molar-refractivity contribution in [3.05, 3.63) is 30.4 Å². The summed E-state index contributed by atoms with van der Waals surface area (Å²) in [5, 5.41) is 14.0. The lowest BCUT2D eigenvalue weighted by molar-refractivity contribution is -0.131. The van der Waals surface area contributed by atoms with Crippen LogP contribution in [0.25, 0.3) is 11.4 Å². The van der Waals surface area contributed by atoms with Crippen LogP contribution in [0.5, 0.6) is 0 Å². The van der Waals surface area contributed by atoms with E-state index in [1.54, 1.807) is 24.3 Å². The zero-order valence-electron chi connectivity index (χ0n) is 14.5. The van der Waals surface area contributed by atoms with Gasteiger partial charge in [0, 0.05) is 50.3 Å². The lowest BCUT2D eigenvalue weighted by Gasteiger charge is -2.31. The topological polar surface area (TPSA) is 92.3 Å². The zero-order chi connectivity index (χ0) is 17.6. The fraction of sp³-hybridized carbons (Fsp3) is 0.556. The normalized spacial score (nSPS) is 20.4. The minimum Gasteiger partial charge on any atom is -0.393 e. The SMILES string of the molecule is CN(CC1CCCCC1O)C(=O)CCc1nc(-c2ccncc2)no1. The number of aliphatic hydroxyl groups excluding tert-OH is 1. The lowest BCUT2D eigenvalue weighted by atomic mass is 9.86. The predicted molar refractivity (Wildman–Crippen MR) is 91.5 cm³/mol. The number of amides is 1. The summed E-state index contributed by atoms with van der Waals surface area (Å²) in [6.07, 6.45) is 7.81. The number of rotatable bonds is 6. The summed E-state index contributed by atoms with van der Waals surface area (Å²) in [6, 6.07) is 3.62. The van der Waals surface area contributed by atoms with E-state index < -0.39 is 0 Å². The first-order valence-electron chi connectivity index (χ1n) is 8.78. The van der Waals surface area contributed by atoms with Gasteiger partial charge in [-0.05, 0) is 25.0 Å². The molecule has 1 saturated carbocycles. The predicted octanol–water partition coefficient (Wildman–Crippen LogP) is 2.07. The molecule has 0 bridgehead atoms. The maximum atomic E-state index is 12.3. The number of aromatic nitrogens is 3. The molecule has 1 N–H and O–H groups in total. The van der Waals surface area contributed by atoms with Crippen LogP contribution >= 0.6 is 0 Å². The standard InChI is InChI=1S/C18H24N4O3/c1-22(12-14-4-2-3-5-15(14)23)17(24)7-6-16-20-18(21-25-16)13-8-10-19-11-9-13/h8-11,14-15,23H,2-7,12H2,1H3. The molecule has 0 saturated heterocycles. The molecule has 1 fully saturated rings. The van der Waals surface area contributed by atoms with Crippen molar-refractivity contribution in [1.29, 1.82) is 0 Å². The Bertz CT molecular complexity index is 689. The van der Waals surface area contributed by atoms with Crippen molar-refractivity contribution in [2.24, 2.45) is 5.92 Å². The van der Waals surface area contributed by atoms with Crippen molar-refractivity contribution < 1.29 is 14.4 Å². The van der Waals surface area contributed by atoms with E-state index in [4.69, 9.17) is 4.52 Å². The van der Waals surface area contributed by atoms with Crippen LogP contribution in [0.2, 0.25) is 0 Å². The number of carbonyl (C=O) groups is 1. The summed E-state index contributed by atoms with van der Waals surface area (Å²) in [5.74, 6) is 1.17. The highest BCUT2D eigenvalue weighted by Crippen LogP contribution is 2.25. The minimum absolute atomic E-state index is 0.0291. The van der Waals surface area contributed by atoms with Crippen molar-refractivity contribution in [2.45, 2.75) is 44.6 Å². The Morgan fingerprint density at radius 2 is 2.08 bits per heavy atom. The van der Waals surface area contributed by atoms with Crippen LogP contribution in [-0.2, 0) is 11.2 Å². The van der Waals surface area contributed by atoms with Gasteiger partial charge in [0.15, 0.2) is 0 Å². The molecule has 0 radical (unpaired) electrons. The number of nitrogens with zero attached hydrogens (tertiary/aromatic N) is 4. The highest BCUT2D eigenvalue weighted by molar-refractivity contribution is 5.76. The second kappa shape index (κ2) is 8.20. The first kappa shape index (κ1) is 17.5. The molecule has 25 heavy (non-hydrogen) atoms. The molecular weight excluding hydrogens is 320 g/mol. The monoisotopic (exact) mass is 344 g/mol. The van der Waals surface area contributed by atoms with E-state index in [-0.39, 0.29) is 17.9 Å². The van der Waals surface area contributed by atoms with Gasteiger partial charge in [-0.25, -0.2) is 0 Å². The molecule has 2 atom stereocenters. The molecule has 7 heteroatoms. The number of aryl methyl sites for hydroxylation is 1. The number of carbonyl (C=O) groups excluding carboxylic acids is 1. The third-order valence-electron chi connectivity index (χ3n) is 4.76. The van der Waals surface area contributed by atoms with Crippen molar-refractivity contribution in [3.63, 3.8) is 0 Å². The van der Waals surface area contributed by atoms with Gasteiger partial charge in [-0.15, -0.1) is 0 Å². The molecular formula is C18H24N4O3.